The first-order chi connectivity index (χ1) is 12.7. The monoisotopic (exact) mass is 348 g/mol. The molecule has 0 saturated carbocycles. The number of para-hydroxylation sites is 1. The number of allylic oxidation sites excluding steroid dienone is 1. The highest BCUT2D eigenvalue weighted by Crippen LogP contribution is 2.34. The zero-order valence-electron chi connectivity index (χ0n) is 13.7. The first-order valence-corrected chi connectivity index (χ1v) is 8.09. The number of hydrogen-bond donors (Lipinski definition) is 2. The summed E-state index contributed by atoms with van der Waals surface area (Å²) in [4.78, 5) is 15.5. The number of carboxylic acids is 1. The fourth-order valence-electron chi connectivity index (χ4n) is 2.87. The van der Waals surface area contributed by atoms with Crippen molar-refractivity contribution in [3.63, 3.8) is 0 Å². The number of carboxylic acid groups (broad SMARTS) is 1. The van der Waals surface area contributed by atoms with Gasteiger partial charge in [0, 0.05) is 5.56 Å². The minimum atomic E-state index is -1.05. The zero-order chi connectivity index (χ0) is 17.9. The third kappa shape index (κ3) is 3.02. The number of ether oxygens (including phenoxy) is 1. The van der Waals surface area contributed by atoms with Crippen LogP contribution in [0.25, 0.3) is 0 Å². The van der Waals surface area contributed by atoms with Gasteiger partial charge in [-0.2, -0.15) is 10.1 Å². The van der Waals surface area contributed by atoms with E-state index in [9.17, 15) is 9.90 Å². The molecule has 2 aromatic carbocycles. The average molecular weight is 348 g/mol. The van der Waals surface area contributed by atoms with Crippen LogP contribution in [-0.4, -0.2) is 25.8 Å². The van der Waals surface area contributed by atoms with Crippen LogP contribution in [0, 0.1) is 0 Å². The molecule has 0 spiro atoms. The number of hydrogen-bond acceptors (Lipinski definition) is 5. The van der Waals surface area contributed by atoms with Crippen molar-refractivity contribution in [1.29, 1.82) is 0 Å². The van der Waals surface area contributed by atoms with E-state index in [2.05, 4.69) is 15.4 Å². The van der Waals surface area contributed by atoms with Crippen molar-refractivity contribution in [2.45, 2.75) is 12.6 Å². The van der Waals surface area contributed by atoms with Crippen LogP contribution in [0.1, 0.15) is 17.2 Å². The normalized spacial score (nSPS) is 15.5. The third-order valence-corrected chi connectivity index (χ3v) is 4.11. The molecule has 0 saturated heterocycles. The maximum absolute atomic E-state index is 11.4. The average Bonchev–Trinajstić information content (AvgIpc) is 3.15. The summed E-state index contributed by atoms with van der Waals surface area (Å²) in [7, 11) is 0. The van der Waals surface area contributed by atoms with Gasteiger partial charge < -0.3 is 15.2 Å². The lowest BCUT2D eigenvalue weighted by atomic mass is 10.0. The summed E-state index contributed by atoms with van der Waals surface area (Å²) >= 11 is 0. The third-order valence-electron chi connectivity index (χ3n) is 4.11. The van der Waals surface area contributed by atoms with Crippen molar-refractivity contribution < 1.29 is 14.6 Å². The van der Waals surface area contributed by atoms with Crippen molar-refractivity contribution in [3.05, 3.63) is 83.8 Å². The molecule has 2 heterocycles. The Hall–Kier alpha value is -3.61. The quantitative estimate of drug-likeness (QED) is 0.737. The first-order valence-electron chi connectivity index (χ1n) is 8.09. The molecule has 1 aliphatic rings. The molecule has 1 atom stereocenters. The largest absolute Gasteiger partial charge is 0.489 e. The van der Waals surface area contributed by atoms with E-state index in [1.165, 1.54) is 6.33 Å². The van der Waals surface area contributed by atoms with E-state index in [0.717, 1.165) is 11.1 Å². The standard InChI is InChI=1S/C19H16N4O3/c24-18(25)15-10-16(23-19(22-15)20-12-21-23)14-8-4-5-9-17(14)26-11-13-6-2-1-3-7-13/h1-10,12,16H,11H2,(H,24,25)(H,20,21,22)/t16-/m1/s1. The Bertz CT molecular complexity index is 966. The fourth-order valence-corrected chi connectivity index (χ4v) is 2.87. The Balaban J connectivity index is 1.69. The van der Waals surface area contributed by atoms with E-state index >= 15 is 0 Å². The molecular formula is C19H16N4O3. The van der Waals surface area contributed by atoms with Crippen LogP contribution < -0.4 is 10.1 Å². The molecule has 26 heavy (non-hydrogen) atoms. The van der Waals surface area contributed by atoms with Crippen molar-refractivity contribution in [2.24, 2.45) is 0 Å². The van der Waals surface area contributed by atoms with Crippen LogP contribution in [0.15, 0.2) is 72.7 Å². The van der Waals surface area contributed by atoms with Crippen LogP contribution >= 0.6 is 0 Å². The molecule has 0 amide bonds. The Kier molecular flexibility index (Phi) is 4.10. The molecule has 0 unspecified atom stereocenters. The molecule has 0 bridgehead atoms. The lowest BCUT2D eigenvalue weighted by Crippen LogP contribution is -2.24. The summed E-state index contributed by atoms with van der Waals surface area (Å²) < 4.78 is 7.64. The van der Waals surface area contributed by atoms with Gasteiger partial charge in [-0.15, -0.1) is 0 Å². The van der Waals surface area contributed by atoms with E-state index in [1.54, 1.807) is 10.8 Å². The minimum absolute atomic E-state index is 0.0633. The van der Waals surface area contributed by atoms with E-state index in [-0.39, 0.29) is 5.70 Å². The highest BCUT2D eigenvalue weighted by atomic mass is 16.5. The Morgan fingerprint density at radius 1 is 1.15 bits per heavy atom. The van der Waals surface area contributed by atoms with Crippen LogP contribution in [-0.2, 0) is 11.4 Å². The van der Waals surface area contributed by atoms with Gasteiger partial charge in [-0.3, -0.25) is 0 Å². The van der Waals surface area contributed by atoms with E-state index in [1.807, 2.05) is 54.6 Å². The first kappa shape index (κ1) is 15.9. The maximum Gasteiger partial charge on any atom is 0.352 e. The molecule has 7 nitrogen and oxygen atoms in total. The second-order valence-corrected chi connectivity index (χ2v) is 5.80. The molecular weight excluding hydrogens is 332 g/mol. The second kappa shape index (κ2) is 6.72. The number of aromatic nitrogens is 3. The summed E-state index contributed by atoms with van der Waals surface area (Å²) in [5.41, 5.74) is 1.93. The highest BCUT2D eigenvalue weighted by molar-refractivity contribution is 5.90. The van der Waals surface area contributed by atoms with Crippen molar-refractivity contribution in [3.8, 4) is 5.75 Å². The van der Waals surface area contributed by atoms with Gasteiger partial charge in [0.05, 0.1) is 0 Å². The molecule has 3 aromatic rings. The number of benzene rings is 2. The van der Waals surface area contributed by atoms with Gasteiger partial charge in [0.25, 0.3) is 0 Å². The number of aliphatic carboxylic acids is 1. The number of rotatable bonds is 5. The minimum Gasteiger partial charge on any atom is -0.489 e. The molecule has 7 heteroatoms. The van der Waals surface area contributed by atoms with Crippen molar-refractivity contribution in [1.82, 2.24) is 14.8 Å². The summed E-state index contributed by atoms with van der Waals surface area (Å²) in [6.07, 6.45) is 3.00. The van der Waals surface area contributed by atoms with Gasteiger partial charge in [-0.1, -0.05) is 48.5 Å². The molecule has 130 valence electrons. The number of nitrogens with zero attached hydrogens (tertiary/aromatic N) is 3. The summed E-state index contributed by atoms with van der Waals surface area (Å²) in [6.45, 7) is 0.419. The van der Waals surface area contributed by atoms with Crippen molar-refractivity contribution >= 4 is 11.9 Å². The van der Waals surface area contributed by atoms with Crippen LogP contribution in [0.2, 0.25) is 0 Å². The Morgan fingerprint density at radius 2 is 1.92 bits per heavy atom. The highest BCUT2D eigenvalue weighted by Gasteiger charge is 2.27. The lowest BCUT2D eigenvalue weighted by Gasteiger charge is -2.24. The van der Waals surface area contributed by atoms with Gasteiger partial charge in [0.1, 0.15) is 30.4 Å². The summed E-state index contributed by atoms with van der Waals surface area (Å²) in [5, 5.41) is 16.3. The fraction of sp³-hybridized carbons (Fsp3) is 0.105. The van der Waals surface area contributed by atoms with Gasteiger partial charge in [-0.05, 0) is 17.7 Å². The van der Waals surface area contributed by atoms with Gasteiger partial charge in [0.2, 0.25) is 5.95 Å². The van der Waals surface area contributed by atoms with Gasteiger partial charge >= 0.3 is 5.97 Å². The topological polar surface area (TPSA) is 89.3 Å². The molecule has 0 aliphatic carbocycles. The van der Waals surface area contributed by atoms with E-state index < -0.39 is 12.0 Å². The van der Waals surface area contributed by atoms with Crippen LogP contribution in [0.3, 0.4) is 0 Å². The van der Waals surface area contributed by atoms with Gasteiger partial charge in [0.15, 0.2) is 0 Å². The smallest absolute Gasteiger partial charge is 0.352 e. The van der Waals surface area contributed by atoms with Crippen LogP contribution in [0.4, 0.5) is 5.95 Å². The molecule has 4 rings (SSSR count). The van der Waals surface area contributed by atoms with E-state index in [0.29, 0.717) is 18.3 Å². The predicted molar refractivity (Wildman–Crippen MR) is 94.7 cm³/mol. The summed E-state index contributed by atoms with van der Waals surface area (Å²) in [6, 6.07) is 17.0. The van der Waals surface area contributed by atoms with Crippen molar-refractivity contribution in [2.75, 3.05) is 5.32 Å². The predicted octanol–water partition coefficient (Wildman–Crippen LogP) is 2.84. The maximum atomic E-state index is 11.4. The SMILES string of the molecule is O=C(O)C1=C[C@H](c2ccccc2OCc2ccccc2)n2ncnc2N1. The number of anilines is 1. The Labute approximate surface area is 149 Å². The molecule has 0 fully saturated rings. The molecule has 0 radical (unpaired) electrons. The molecule has 1 aliphatic heterocycles. The number of fused-ring (bicyclic) bond motifs is 1. The molecule has 2 N–H and O–H groups in total. The lowest BCUT2D eigenvalue weighted by molar-refractivity contribution is -0.132. The van der Waals surface area contributed by atoms with Gasteiger partial charge in [-0.25, -0.2) is 9.48 Å². The van der Waals surface area contributed by atoms with E-state index in [4.69, 9.17) is 4.74 Å². The van der Waals surface area contributed by atoms with Crippen LogP contribution in [0.5, 0.6) is 5.75 Å². The second-order valence-electron chi connectivity index (χ2n) is 5.80. The number of carbonyl (C=O) groups is 1. The summed E-state index contributed by atoms with van der Waals surface area (Å²) in [5.74, 6) is 0.00499. The number of nitrogens with one attached hydrogen (secondary N) is 1. The zero-order valence-corrected chi connectivity index (χ0v) is 13.7. The molecule has 1 aromatic heterocycles. The Morgan fingerprint density at radius 3 is 2.73 bits per heavy atom.